The van der Waals surface area contributed by atoms with Crippen LogP contribution in [0, 0.1) is 10.1 Å². The number of hydrogen-bond acceptors (Lipinski definition) is 6. The van der Waals surface area contributed by atoms with Crippen LogP contribution in [0.5, 0.6) is 5.75 Å². The number of phenolic OH excluding ortho intramolecular Hbond substituents is 1. The number of nitrogens with zero attached hydrogens (tertiary/aromatic N) is 3. The van der Waals surface area contributed by atoms with Gasteiger partial charge in [-0.3, -0.25) is 14.9 Å². The highest BCUT2D eigenvalue weighted by atomic mass is 32.1. The fourth-order valence-corrected chi connectivity index (χ4v) is 3.28. The van der Waals surface area contributed by atoms with Crippen LogP contribution < -0.4 is 0 Å². The molecule has 0 unspecified atom stereocenters. The standard InChI is InChI=1S/C15H13N3O4S/c1-9(19)17-13(8-12(16-17)15-3-2-6-23-15)11-7-10(18(21)22)4-5-14(11)20/h2-7,13,20H,8H2,1H3/t13-/m1/s1. The largest absolute Gasteiger partial charge is 0.508 e. The lowest BCUT2D eigenvalue weighted by Crippen LogP contribution is -2.24. The van der Waals surface area contributed by atoms with Crippen molar-refractivity contribution in [1.29, 1.82) is 0 Å². The Hall–Kier alpha value is -2.74. The molecular weight excluding hydrogens is 318 g/mol. The molecule has 7 nitrogen and oxygen atoms in total. The molecule has 2 heterocycles. The first kappa shape index (κ1) is 15.2. The third-order valence-corrected chi connectivity index (χ3v) is 4.54. The third kappa shape index (κ3) is 2.80. The van der Waals surface area contributed by atoms with E-state index in [-0.39, 0.29) is 17.3 Å². The van der Waals surface area contributed by atoms with Gasteiger partial charge in [0, 0.05) is 31.0 Å². The molecule has 1 aromatic heterocycles. The Morgan fingerprint density at radius 1 is 1.48 bits per heavy atom. The molecule has 23 heavy (non-hydrogen) atoms. The van der Waals surface area contributed by atoms with E-state index in [2.05, 4.69) is 5.10 Å². The van der Waals surface area contributed by atoms with Crippen LogP contribution in [0.25, 0.3) is 0 Å². The van der Waals surface area contributed by atoms with Gasteiger partial charge in [0.15, 0.2) is 0 Å². The Bertz CT molecular complexity index is 801. The number of amides is 1. The second-order valence-corrected chi connectivity index (χ2v) is 6.06. The van der Waals surface area contributed by atoms with Crippen LogP contribution in [0.3, 0.4) is 0 Å². The van der Waals surface area contributed by atoms with Gasteiger partial charge in [-0.25, -0.2) is 5.01 Å². The average molecular weight is 331 g/mol. The fourth-order valence-electron chi connectivity index (χ4n) is 2.56. The second-order valence-electron chi connectivity index (χ2n) is 5.11. The van der Waals surface area contributed by atoms with Gasteiger partial charge in [0.2, 0.25) is 5.91 Å². The van der Waals surface area contributed by atoms with E-state index in [0.717, 1.165) is 10.6 Å². The van der Waals surface area contributed by atoms with Crippen LogP contribution in [0.15, 0.2) is 40.8 Å². The van der Waals surface area contributed by atoms with E-state index in [1.54, 1.807) is 0 Å². The molecule has 2 aromatic rings. The summed E-state index contributed by atoms with van der Waals surface area (Å²) in [6, 6.07) is 7.03. The molecule has 1 atom stereocenters. The number of nitro groups is 1. The van der Waals surface area contributed by atoms with Gasteiger partial charge in [0.1, 0.15) is 5.75 Å². The molecule has 1 aromatic carbocycles. The number of benzene rings is 1. The van der Waals surface area contributed by atoms with Crippen molar-refractivity contribution in [3.8, 4) is 5.75 Å². The normalized spacial score (nSPS) is 17.2. The van der Waals surface area contributed by atoms with Crippen molar-refractivity contribution < 1.29 is 14.8 Å². The summed E-state index contributed by atoms with van der Waals surface area (Å²) < 4.78 is 0. The summed E-state index contributed by atoms with van der Waals surface area (Å²) in [5, 5.41) is 28.6. The van der Waals surface area contributed by atoms with E-state index in [1.807, 2.05) is 17.5 Å². The molecule has 0 aliphatic carbocycles. The number of nitro benzene ring substituents is 1. The number of hydrazone groups is 1. The number of aromatic hydroxyl groups is 1. The smallest absolute Gasteiger partial charge is 0.270 e. The quantitative estimate of drug-likeness (QED) is 0.690. The van der Waals surface area contributed by atoms with Gasteiger partial charge in [-0.2, -0.15) is 5.10 Å². The number of phenols is 1. The van der Waals surface area contributed by atoms with E-state index in [4.69, 9.17) is 0 Å². The third-order valence-electron chi connectivity index (χ3n) is 3.62. The summed E-state index contributed by atoms with van der Waals surface area (Å²) in [6.07, 6.45) is 0.398. The van der Waals surface area contributed by atoms with E-state index in [9.17, 15) is 20.0 Å². The number of rotatable bonds is 3. The van der Waals surface area contributed by atoms with Gasteiger partial charge in [0.05, 0.1) is 21.6 Å². The highest BCUT2D eigenvalue weighted by molar-refractivity contribution is 7.12. The number of thiophene rings is 1. The Morgan fingerprint density at radius 3 is 2.87 bits per heavy atom. The van der Waals surface area contributed by atoms with Crippen LogP contribution in [0.4, 0.5) is 5.69 Å². The predicted molar refractivity (Wildman–Crippen MR) is 85.5 cm³/mol. The molecular formula is C15H13N3O4S. The number of hydrogen-bond donors (Lipinski definition) is 1. The minimum absolute atomic E-state index is 0.0884. The van der Waals surface area contributed by atoms with Crippen LogP contribution in [0.1, 0.15) is 29.8 Å². The van der Waals surface area contributed by atoms with Gasteiger partial charge in [-0.05, 0) is 17.5 Å². The van der Waals surface area contributed by atoms with E-state index in [0.29, 0.717) is 12.0 Å². The van der Waals surface area contributed by atoms with Crippen LogP contribution in [0.2, 0.25) is 0 Å². The number of carbonyl (C=O) groups is 1. The molecule has 0 saturated heterocycles. The van der Waals surface area contributed by atoms with Gasteiger partial charge in [-0.1, -0.05) is 6.07 Å². The minimum atomic E-state index is -0.551. The molecule has 1 N–H and O–H groups in total. The molecule has 1 amide bonds. The summed E-state index contributed by atoms with van der Waals surface area (Å²) in [5.41, 5.74) is 0.918. The first-order valence-electron chi connectivity index (χ1n) is 6.86. The lowest BCUT2D eigenvalue weighted by atomic mass is 9.99. The van der Waals surface area contributed by atoms with Crippen molar-refractivity contribution in [3.63, 3.8) is 0 Å². The number of non-ortho nitro benzene ring substituents is 1. The SMILES string of the molecule is CC(=O)N1N=C(c2cccs2)C[C@@H]1c1cc([N+](=O)[O-])ccc1O. The molecule has 1 aliphatic heterocycles. The zero-order valence-corrected chi connectivity index (χ0v) is 13.0. The molecule has 8 heteroatoms. The van der Waals surface area contributed by atoms with Gasteiger partial charge in [-0.15, -0.1) is 11.3 Å². The van der Waals surface area contributed by atoms with Gasteiger partial charge >= 0.3 is 0 Å². The molecule has 0 bridgehead atoms. The Balaban J connectivity index is 2.01. The summed E-state index contributed by atoms with van der Waals surface area (Å²) in [6.45, 7) is 1.38. The summed E-state index contributed by atoms with van der Waals surface area (Å²) in [7, 11) is 0. The Labute approximate surface area is 135 Å². The second kappa shape index (κ2) is 5.81. The van der Waals surface area contributed by atoms with Crippen molar-refractivity contribution in [3.05, 3.63) is 56.3 Å². The number of carbonyl (C=O) groups excluding carboxylic acids is 1. The average Bonchev–Trinajstić information content (AvgIpc) is 3.16. The van der Waals surface area contributed by atoms with E-state index < -0.39 is 11.0 Å². The van der Waals surface area contributed by atoms with Crippen molar-refractivity contribution in [2.24, 2.45) is 5.10 Å². The summed E-state index contributed by atoms with van der Waals surface area (Å²) in [5.74, 6) is -0.373. The lowest BCUT2D eigenvalue weighted by molar-refractivity contribution is -0.385. The maximum atomic E-state index is 11.9. The molecule has 0 radical (unpaired) electrons. The van der Waals surface area contributed by atoms with Crippen LogP contribution in [-0.4, -0.2) is 26.7 Å². The maximum Gasteiger partial charge on any atom is 0.270 e. The zero-order chi connectivity index (χ0) is 16.6. The Kier molecular flexibility index (Phi) is 3.83. The van der Waals surface area contributed by atoms with Crippen LogP contribution >= 0.6 is 11.3 Å². The van der Waals surface area contributed by atoms with Crippen LogP contribution in [-0.2, 0) is 4.79 Å². The molecule has 3 rings (SSSR count). The molecule has 1 aliphatic rings. The van der Waals surface area contributed by atoms with Crippen molar-refractivity contribution >= 4 is 28.6 Å². The molecule has 118 valence electrons. The summed E-state index contributed by atoms with van der Waals surface area (Å²) in [4.78, 5) is 23.2. The van der Waals surface area contributed by atoms with Gasteiger partial charge < -0.3 is 5.11 Å². The highest BCUT2D eigenvalue weighted by Gasteiger charge is 2.34. The first-order chi connectivity index (χ1) is 11.0. The topological polar surface area (TPSA) is 96.0 Å². The molecule has 0 fully saturated rings. The van der Waals surface area contributed by atoms with E-state index >= 15 is 0 Å². The van der Waals surface area contributed by atoms with Crippen molar-refractivity contribution in [2.45, 2.75) is 19.4 Å². The monoisotopic (exact) mass is 331 g/mol. The van der Waals surface area contributed by atoms with Gasteiger partial charge in [0.25, 0.3) is 5.69 Å². The minimum Gasteiger partial charge on any atom is -0.508 e. The Morgan fingerprint density at radius 2 is 2.26 bits per heavy atom. The molecule has 0 saturated carbocycles. The molecule has 0 spiro atoms. The summed E-state index contributed by atoms with van der Waals surface area (Å²) >= 11 is 1.50. The lowest BCUT2D eigenvalue weighted by Gasteiger charge is -2.21. The maximum absolute atomic E-state index is 11.9. The predicted octanol–water partition coefficient (Wildman–Crippen LogP) is 3.06. The fraction of sp³-hybridized carbons (Fsp3) is 0.200. The van der Waals surface area contributed by atoms with E-state index in [1.165, 1.54) is 41.5 Å². The van der Waals surface area contributed by atoms with Crippen molar-refractivity contribution in [2.75, 3.05) is 0 Å². The van der Waals surface area contributed by atoms with Crippen molar-refractivity contribution in [1.82, 2.24) is 5.01 Å². The zero-order valence-electron chi connectivity index (χ0n) is 12.2. The highest BCUT2D eigenvalue weighted by Crippen LogP contribution is 2.39. The first-order valence-corrected chi connectivity index (χ1v) is 7.74.